The van der Waals surface area contributed by atoms with Gasteiger partial charge in [0.25, 0.3) is 0 Å². The van der Waals surface area contributed by atoms with Crippen molar-refractivity contribution in [2.45, 2.75) is 43.9 Å². The Morgan fingerprint density at radius 2 is 1.95 bits per heavy atom. The molecule has 112 valence electrons. The molecule has 5 heteroatoms. The first-order chi connectivity index (χ1) is 9.49. The van der Waals surface area contributed by atoms with Crippen LogP contribution in [0.5, 0.6) is 5.75 Å². The molecule has 2 atom stereocenters. The lowest BCUT2D eigenvalue weighted by Gasteiger charge is -2.29. The Balaban J connectivity index is 1.95. The smallest absolute Gasteiger partial charge is 0.150 e. The van der Waals surface area contributed by atoms with Crippen LogP contribution in [0.3, 0.4) is 0 Å². The van der Waals surface area contributed by atoms with Gasteiger partial charge in [-0.3, -0.25) is 0 Å². The first kappa shape index (κ1) is 15.2. The maximum Gasteiger partial charge on any atom is 0.150 e. The molecule has 4 nitrogen and oxygen atoms in total. The van der Waals surface area contributed by atoms with E-state index in [2.05, 4.69) is 5.32 Å². The molecule has 0 amide bonds. The molecule has 0 aromatic heterocycles. The SMILES string of the molecule is CCOc1ccc(NC2CCCC(S(C)(=O)=O)C2)cc1. The fourth-order valence-electron chi connectivity index (χ4n) is 2.71. The predicted molar refractivity (Wildman–Crippen MR) is 82.1 cm³/mol. The van der Waals surface area contributed by atoms with Gasteiger partial charge >= 0.3 is 0 Å². The van der Waals surface area contributed by atoms with E-state index >= 15 is 0 Å². The number of sulfone groups is 1. The number of rotatable bonds is 5. The van der Waals surface area contributed by atoms with Gasteiger partial charge in [0.1, 0.15) is 15.6 Å². The van der Waals surface area contributed by atoms with E-state index in [-0.39, 0.29) is 11.3 Å². The second kappa shape index (κ2) is 6.48. The third kappa shape index (κ3) is 4.13. The van der Waals surface area contributed by atoms with Crippen molar-refractivity contribution in [1.29, 1.82) is 0 Å². The van der Waals surface area contributed by atoms with Crippen molar-refractivity contribution in [3.8, 4) is 5.75 Å². The topological polar surface area (TPSA) is 55.4 Å². The zero-order valence-electron chi connectivity index (χ0n) is 12.1. The molecule has 2 unspecified atom stereocenters. The van der Waals surface area contributed by atoms with Gasteiger partial charge in [-0.15, -0.1) is 0 Å². The molecule has 1 aliphatic rings. The van der Waals surface area contributed by atoms with Crippen molar-refractivity contribution in [3.05, 3.63) is 24.3 Å². The second-order valence-corrected chi connectivity index (χ2v) is 7.74. The van der Waals surface area contributed by atoms with Gasteiger partial charge in [0.15, 0.2) is 0 Å². The molecule has 1 aromatic carbocycles. The van der Waals surface area contributed by atoms with E-state index in [9.17, 15) is 8.42 Å². The lowest BCUT2D eigenvalue weighted by Crippen LogP contribution is -2.34. The quantitative estimate of drug-likeness (QED) is 0.908. The van der Waals surface area contributed by atoms with Crippen molar-refractivity contribution in [3.63, 3.8) is 0 Å². The van der Waals surface area contributed by atoms with E-state index < -0.39 is 9.84 Å². The zero-order chi connectivity index (χ0) is 14.6. The number of benzene rings is 1. The van der Waals surface area contributed by atoms with Crippen LogP contribution in [0.2, 0.25) is 0 Å². The van der Waals surface area contributed by atoms with Crippen LogP contribution in [0, 0.1) is 0 Å². The largest absolute Gasteiger partial charge is 0.494 e. The number of hydrogen-bond donors (Lipinski definition) is 1. The van der Waals surface area contributed by atoms with Gasteiger partial charge in [-0.25, -0.2) is 8.42 Å². The molecule has 1 fully saturated rings. The summed E-state index contributed by atoms with van der Waals surface area (Å²) >= 11 is 0. The van der Waals surface area contributed by atoms with Gasteiger partial charge < -0.3 is 10.1 Å². The Bertz CT molecular complexity index is 525. The van der Waals surface area contributed by atoms with E-state index in [1.807, 2.05) is 31.2 Å². The monoisotopic (exact) mass is 297 g/mol. The molecule has 1 N–H and O–H groups in total. The first-order valence-corrected chi connectivity index (χ1v) is 9.12. The van der Waals surface area contributed by atoms with E-state index in [0.29, 0.717) is 13.0 Å². The van der Waals surface area contributed by atoms with Crippen LogP contribution < -0.4 is 10.1 Å². The first-order valence-electron chi connectivity index (χ1n) is 7.17. The molecule has 2 rings (SSSR count). The maximum absolute atomic E-state index is 11.7. The molecular formula is C15H23NO3S. The minimum Gasteiger partial charge on any atom is -0.494 e. The van der Waals surface area contributed by atoms with Crippen LogP contribution in [-0.2, 0) is 9.84 Å². The zero-order valence-corrected chi connectivity index (χ0v) is 12.9. The van der Waals surface area contributed by atoms with Gasteiger partial charge in [-0.05, 0) is 50.5 Å². The highest BCUT2D eigenvalue weighted by atomic mass is 32.2. The summed E-state index contributed by atoms with van der Waals surface area (Å²) in [7, 11) is -2.93. The van der Waals surface area contributed by atoms with Crippen molar-refractivity contribution >= 4 is 15.5 Å². The summed E-state index contributed by atoms with van der Waals surface area (Å²) in [5.41, 5.74) is 1.02. The predicted octanol–water partition coefficient (Wildman–Crippen LogP) is 2.85. The molecule has 0 spiro atoms. The third-order valence-corrected chi connectivity index (χ3v) is 5.41. The standard InChI is InChI=1S/C15H23NO3S/c1-3-19-14-9-7-12(8-10-14)16-13-5-4-6-15(11-13)20(2,17)18/h7-10,13,15-16H,3-6,11H2,1-2H3. The van der Waals surface area contributed by atoms with E-state index in [4.69, 9.17) is 4.74 Å². The van der Waals surface area contributed by atoms with Gasteiger partial charge in [0.05, 0.1) is 11.9 Å². The number of nitrogens with one attached hydrogen (secondary N) is 1. The number of ether oxygens (including phenoxy) is 1. The normalized spacial score (nSPS) is 23.3. The minimum atomic E-state index is -2.93. The lowest BCUT2D eigenvalue weighted by molar-refractivity contribution is 0.340. The summed E-state index contributed by atoms with van der Waals surface area (Å²) < 4.78 is 28.7. The summed E-state index contributed by atoms with van der Waals surface area (Å²) in [6.45, 7) is 2.62. The van der Waals surface area contributed by atoms with Crippen molar-refractivity contribution in [2.24, 2.45) is 0 Å². The van der Waals surface area contributed by atoms with E-state index in [0.717, 1.165) is 30.7 Å². The molecule has 0 heterocycles. The van der Waals surface area contributed by atoms with Crippen LogP contribution in [-0.4, -0.2) is 32.6 Å². The van der Waals surface area contributed by atoms with Gasteiger partial charge in [-0.1, -0.05) is 6.42 Å². The minimum absolute atomic E-state index is 0.198. The van der Waals surface area contributed by atoms with Gasteiger partial charge in [0, 0.05) is 18.0 Å². The van der Waals surface area contributed by atoms with Gasteiger partial charge in [0.2, 0.25) is 0 Å². The molecule has 0 bridgehead atoms. The van der Waals surface area contributed by atoms with Crippen LogP contribution in [0.4, 0.5) is 5.69 Å². The molecule has 0 radical (unpaired) electrons. The van der Waals surface area contributed by atoms with Crippen LogP contribution in [0.15, 0.2) is 24.3 Å². The Labute approximate surface area is 121 Å². The number of anilines is 1. The molecule has 1 aromatic rings. The molecule has 1 saturated carbocycles. The van der Waals surface area contributed by atoms with Crippen LogP contribution in [0.25, 0.3) is 0 Å². The van der Waals surface area contributed by atoms with Crippen molar-refractivity contribution < 1.29 is 13.2 Å². The fraction of sp³-hybridized carbons (Fsp3) is 0.600. The molecule has 0 aliphatic heterocycles. The average Bonchev–Trinajstić information content (AvgIpc) is 2.41. The molecule has 1 aliphatic carbocycles. The lowest BCUT2D eigenvalue weighted by atomic mass is 9.95. The van der Waals surface area contributed by atoms with Crippen LogP contribution in [0.1, 0.15) is 32.6 Å². The summed E-state index contributed by atoms with van der Waals surface area (Å²) in [6, 6.07) is 8.07. The van der Waals surface area contributed by atoms with Gasteiger partial charge in [-0.2, -0.15) is 0 Å². The molecule has 0 saturated heterocycles. The van der Waals surface area contributed by atoms with Crippen LogP contribution >= 0.6 is 0 Å². The summed E-state index contributed by atoms with van der Waals surface area (Å²) in [4.78, 5) is 0. The Hall–Kier alpha value is -1.23. The Kier molecular flexibility index (Phi) is 4.91. The van der Waals surface area contributed by atoms with E-state index in [1.54, 1.807) is 0 Å². The maximum atomic E-state index is 11.7. The number of hydrogen-bond acceptors (Lipinski definition) is 4. The summed E-state index contributed by atoms with van der Waals surface area (Å²) in [6.07, 6.45) is 4.83. The highest BCUT2D eigenvalue weighted by Crippen LogP contribution is 2.27. The second-order valence-electron chi connectivity index (χ2n) is 5.42. The molecular weight excluding hydrogens is 274 g/mol. The average molecular weight is 297 g/mol. The van der Waals surface area contributed by atoms with Crippen molar-refractivity contribution in [2.75, 3.05) is 18.2 Å². The Morgan fingerprint density at radius 1 is 1.25 bits per heavy atom. The highest BCUT2D eigenvalue weighted by molar-refractivity contribution is 7.91. The fourth-order valence-corrected chi connectivity index (χ4v) is 3.89. The van der Waals surface area contributed by atoms with E-state index in [1.165, 1.54) is 6.26 Å². The third-order valence-electron chi connectivity index (χ3n) is 3.77. The summed E-state index contributed by atoms with van der Waals surface area (Å²) in [5.74, 6) is 0.857. The summed E-state index contributed by atoms with van der Waals surface area (Å²) in [5, 5.41) is 3.23. The van der Waals surface area contributed by atoms with Crippen molar-refractivity contribution in [1.82, 2.24) is 0 Å². The highest BCUT2D eigenvalue weighted by Gasteiger charge is 2.28. The Morgan fingerprint density at radius 3 is 2.55 bits per heavy atom. The molecule has 20 heavy (non-hydrogen) atoms.